The predicted molar refractivity (Wildman–Crippen MR) is 78.3 cm³/mol. The van der Waals surface area contributed by atoms with Crippen LogP contribution < -0.4 is 10.2 Å². The number of hydrogen-bond donors (Lipinski definition) is 1. The second-order valence-electron chi connectivity index (χ2n) is 5.20. The lowest BCUT2D eigenvalue weighted by molar-refractivity contribution is -0.128. The van der Waals surface area contributed by atoms with Crippen molar-refractivity contribution in [1.29, 1.82) is 0 Å². The van der Waals surface area contributed by atoms with Crippen molar-refractivity contribution in [1.82, 2.24) is 10.2 Å². The monoisotopic (exact) mass is 261 g/mol. The average molecular weight is 261 g/mol. The second-order valence-corrected chi connectivity index (χ2v) is 5.20. The lowest BCUT2D eigenvalue weighted by Gasteiger charge is -2.27. The number of nitrogens with zero attached hydrogens (tertiary/aromatic N) is 2. The first-order valence-electron chi connectivity index (χ1n) is 6.92. The van der Waals surface area contributed by atoms with Crippen molar-refractivity contribution in [2.75, 3.05) is 31.6 Å². The Labute approximate surface area is 115 Å². The van der Waals surface area contributed by atoms with Crippen LogP contribution in [0.15, 0.2) is 24.3 Å². The molecule has 0 spiro atoms. The number of carbonyl (C=O) groups excluding carboxylic acids is 1. The molecule has 1 aliphatic rings. The summed E-state index contributed by atoms with van der Waals surface area (Å²) in [4.78, 5) is 16.1. The summed E-state index contributed by atoms with van der Waals surface area (Å²) in [6, 6.07) is 8.70. The average Bonchev–Trinajstić information content (AvgIpc) is 2.58. The van der Waals surface area contributed by atoms with Crippen molar-refractivity contribution in [3.63, 3.8) is 0 Å². The Bertz CT molecular complexity index is 447. The van der Waals surface area contributed by atoms with E-state index in [-0.39, 0.29) is 5.91 Å². The SMILES string of the molecule is CCN(C)C(=O)CN1CC(C)NCc2ccccc21. The molecule has 0 aromatic heterocycles. The number of anilines is 1. The number of carbonyl (C=O) groups is 1. The highest BCUT2D eigenvalue weighted by Gasteiger charge is 2.21. The first-order valence-corrected chi connectivity index (χ1v) is 6.92. The normalized spacial score (nSPS) is 18.7. The highest BCUT2D eigenvalue weighted by molar-refractivity contribution is 5.81. The zero-order valence-electron chi connectivity index (χ0n) is 12.0. The third kappa shape index (κ3) is 3.26. The van der Waals surface area contributed by atoms with Crippen molar-refractivity contribution < 1.29 is 4.79 Å². The van der Waals surface area contributed by atoms with Gasteiger partial charge in [0.1, 0.15) is 0 Å². The zero-order chi connectivity index (χ0) is 13.8. The Hall–Kier alpha value is -1.55. The van der Waals surface area contributed by atoms with Crippen LogP contribution in [-0.2, 0) is 11.3 Å². The summed E-state index contributed by atoms with van der Waals surface area (Å²) in [6.45, 7) is 7.09. The van der Waals surface area contributed by atoms with Crippen LogP contribution in [-0.4, -0.2) is 43.5 Å². The van der Waals surface area contributed by atoms with Crippen molar-refractivity contribution in [3.05, 3.63) is 29.8 Å². The van der Waals surface area contributed by atoms with E-state index in [4.69, 9.17) is 0 Å². The van der Waals surface area contributed by atoms with Crippen molar-refractivity contribution in [3.8, 4) is 0 Å². The molecule has 1 aromatic rings. The molecular weight excluding hydrogens is 238 g/mol. The van der Waals surface area contributed by atoms with Gasteiger partial charge < -0.3 is 15.1 Å². The molecule has 1 aromatic carbocycles. The van der Waals surface area contributed by atoms with E-state index in [1.54, 1.807) is 4.90 Å². The molecule has 1 atom stereocenters. The molecule has 0 saturated carbocycles. The molecule has 1 amide bonds. The first kappa shape index (κ1) is 13.9. The van der Waals surface area contributed by atoms with Gasteiger partial charge in [-0.15, -0.1) is 0 Å². The van der Waals surface area contributed by atoms with E-state index in [0.717, 1.165) is 19.6 Å². The molecule has 1 unspecified atom stereocenters. The third-order valence-electron chi connectivity index (χ3n) is 3.69. The minimum Gasteiger partial charge on any atom is -0.360 e. The van der Waals surface area contributed by atoms with Gasteiger partial charge >= 0.3 is 0 Å². The molecule has 4 heteroatoms. The van der Waals surface area contributed by atoms with E-state index in [0.29, 0.717) is 12.6 Å². The standard InChI is InChI=1S/C15H23N3O/c1-4-17(3)15(19)11-18-10-12(2)16-9-13-7-5-6-8-14(13)18/h5-8,12,16H,4,9-11H2,1-3H3. The summed E-state index contributed by atoms with van der Waals surface area (Å²) >= 11 is 0. The molecule has 1 heterocycles. The number of nitrogens with one attached hydrogen (secondary N) is 1. The molecule has 2 rings (SSSR count). The lowest BCUT2D eigenvalue weighted by atomic mass is 10.1. The Kier molecular flexibility index (Phi) is 4.43. The molecule has 0 fully saturated rings. The maximum absolute atomic E-state index is 12.1. The molecule has 4 nitrogen and oxygen atoms in total. The van der Waals surface area contributed by atoms with Gasteiger partial charge in [0, 0.05) is 38.4 Å². The fourth-order valence-corrected chi connectivity index (χ4v) is 2.36. The van der Waals surface area contributed by atoms with Crippen LogP contribution in [0, 0.1) is 0 Å². The van der Waals surface area contributed by atoms with Gasteiger partial charge in [0.25, 0.3) is 0 Å². The smallest absolute Gasteiger partial charge is 0.241 e. The fourth-order valence-electron chi connectivity index (χ4n) is 2.36. The maximum Gasteiger partial charge on any atom is 0.241 e. The first-order chi connectivity index (χ1) is 9.11. The van der Waals surface area contributed by atoms with Crippen LogP contribution in [0.1, 0.15) is 19.4 Å². The van der Waals surface area contributed by atoms with E-state index in [1.165, 1.54) is 11.3 Å². The van der Waals surface area contributed by atoms with E-state index >= 15 is 0 Å². The summed E-state index contributed by atoms with van der Waals surface area (Å²) in [6.07, 6.45) is 0. The van der Waals surface area contributed by atoms with Gasteiger partial charge in [0.2, 0.25) is 5.91 Å². The molecular formula is C15H23N3O. The van der Waals surface area contributed by atoms with Crippen LogP contribution >= 0.6 is 0 Å². The Morgan fingerprint density at radius 1 is 1.47 bits per heavy atom. The van der Waals surface area contributed by atoms with E-state index in [9.17, 15) is 4.79 Å². The Balaban J connectivity index is 2.20. The summed E-state index contributed by atoms with van der Waals surface area (Å²) < 4.78 is 0. The minimum absolute atomic E-state index is 0.173. The van der Waals surface area contributed by atoms with Gasteiger partial charge in [0.05, 0.1) is 6.54 Å². The number of para-hydroxylation sites is 1. The van der Waals surface area contributed by atoms with E-state index < -0.39 is 0 Å². The van der Waals surface area contributed by atoms with Crippen LogP contribution in [0.25, 0.3) is 0 Å². The second kappa shape index (κ2) is 6.06. The molecule has 19 heavy (non-hydrogen) atoms. The zero-order valence-corrected chi connectivity index (χ0v) is 12.0. The summed E-state index contributed by atoms with van der Waals surface area (Å²) in [5.74, 6) is 0.173. The molecule has 1 N–H and O–H groups in total. The van der Waals surface area contributed by atoms with Crippen molar-refractivity contribution in [2.45, 2.75) is 26.4 Å². The van der Waals surface area contributed by atoms with Crippen molar-refractivity contribution in [2.24, 2.45) is 0 Å². The molecule has 1 aliphatic heterocycles. The fraction of sp³-hybridized carbons (Fsp3) is 0.533. The maximum atomic E-state index is 12.1. The van der Waals surface area contributed by atoms with Gasteiger partial charge in [0.15, 0.2) is 0 Å². The highest BCUT2D eigenvalue weighted by atomic mass is 16.2. The summed E-state index contributed by atoms with van der Waals surface area (Å²) in [7, 11) is 1.85. The van der Waals surface area contributed by atoms with Gasteiger partial charge in [-0.25, -0.2) is 0 Å². The molecule has 0 radical (unpaired) electrons. The van der Waals surface area contributed by atoms with Gasteiger partial charge in [-0.1, -0.05) is 18.2 Å². The number of likely N-dealkylation sites (N-methyl/N-ethyl adjacent to an activating group) is 1. The molecule has 0 bridgehead atoms. The lowest BCUT2D eigenvalue weighted by Crippen LogP contribution is -2.42. The van der Waals surface area contributed by atoms with Crippen LogP contribution in [0.5, 0.6) is 0 Å². The minimum atomic E-state index is 0.173. The molecule has 0 aliphatic carbocycles. The Morgan fingerprint density at radius 3 is 2.95 bits per heavy atom. The number of hydrogen-bond acceptors (Lipinski definition) is 3. The van der Waals surface area contributed by atoms with E-state index in [1.807, 2.05) is 20.0 Å². The molecule has 0 saturated heterocycles. The highest BCUT2D eigenvalue weighted by Crippen LogP contribution is 2.23. The van der Waals surface area contributed by atoms with Gasteiger partial charge in [-0.05, 0) is 25.5 Å². The van der Waals surface area contributed by atoms with Crippen LogP contribution in [0.3, 0.4) is 0 Å². The molecule has 104 valence electrons. The van der Waals surface area contributed by atoms with Crippen molar-refractivity contribution >= 4 is 11.6 Å². The summed E-state index contributed by atoms with van der Waals surface area (Å²) in [5.41, 5.74) is 2.44. The largest absolute Gasteiger partial charge is 0.360 e. The van der Waals surface area contributed by atoms with Crippen LogP contribution in [0.4, 0.5) is 5.69 Å². The topological polar surface area (TPSA) is 35.6 Å². The van der Waals surface area contributed by atoms with E-state index in [2.05, 4.69) is 35.3 Å². The number of rotatable bonds is 3. The Morgan fingerprint density at radius 2 is 2.21 bits per heavy atom. The number of benzene rings is 1. The van der Waals surface area contributed by atoms with Gasteiger partial charge in [-0.2, -0.15) is 0 Å². The predicted octanol–water partition coefficient (Wildman–Crippen LogP) is 1.46. The number of fused-ring (bicyclic) bond motifs is 1. The quantitative estimate of drug-likeness (QED) is 0.895. The summed E-state index contributed by atoms with van der Waals surface area (Å²) in [5, 5.41) is 3.48. The van der Waals surface area contributed by atoms with Gasteiger partial charge in [-0.3, -0.25) is 4.79 Å². The van der Waals surface area contributed by atoms with Crippen LogP contribution in [0.2, 0.25) is 0 Å². The third-order valence-corrected chi connectivity index (χ3v) is 3.69. The number of amides is 1.